The molecule has 11 atom stereocenters. The van der Waals surface area contributed by atoms with Crippen LogP contribution in [0.1, 0.15) is 89.8 Å². The number of carboxylic acids is 3. The number of piperidine rings is 3. The molecule has 3 saturated carbocycles. The van der Waals surface area contributed by atoms with Crippen molar-refractivity contribution in [2.24, 2.45) is 82.9 Å². The van der Waals surface area contributed by atoms with Gasteiger partial charge in [0.05, 0.1) is 23.0 Å². The van der Waals surface area contributed by atoms with Crippen LogP contribution in [0.3, 0.4) is 0 Å². The van der Waals surface area contributed by atoms with E-state index in [9.17, 15) is 29.7 Å². The van der Waals surface area contributed by atoms with Crippen LogP contribution in [0, 0.1) is 82.9 Å². The minimum atomic E-state index is -0.651. The first kappa shape index (κ1) is 60.5. The van der Waals surface area contributed by atoms with Gasteiger partial charge in [0.15, 0.2) is 17.5 Å². The van der Waals surface area contributed by atoms with Crippen molar-refractivity contribution in [2.75, 3.05) is 55.2 Å². The van der Waals surface area contributed by atoms with Crippen LogP contribution in [-0.4, -0.2) is 117 Å². The molecule has 18 nitrogen and oxygen atoms in total. The second-order valence-corrected chi connectivity index (χ2v) is 29.7. The molecule has 6 fully saturated rings. The topological polar surface area (TPSA) is 235 Å². The van der Waals surface area contributed by atoms with Crippen LogP contribution in [0.4, 0.5) is 34.5 Å². The van der Waals surface area contributed by atoms with Gasteiger partial charge in [-0.05, 0) is 149 Å². The Bertz CT molecular complexity index is 3530. The number of hydrogen-bond donors (Lipinski definition) is 6. The van der Waals surface area contributed by atoms with E-state index in [1.165, 1.54) is 57.1 Å². The average Bonchev–Trinajstić information content (AvgIpc) is 1.80. The molecule has 0 amide bonds. The van der Waals surface area contributed by atoms with Gasteiger partial charge >= 0.3 is 17.9 Å². The fraction of sp³-hybridized carbons (Fsp3) is 0.507. The van der Waals surface area contributed by atoms with E-state index in [0.717, 1.165) is 108 Å². The van der Waals surface area contributed by atoms with Gasteiger partial charge in [-0.1, -0.05) is 94.5 Å². The van der Waals surface area contributed by atoms with Crippen molar-refractivity contribution in [3.05, 3.63) is 108 Å². The summed E-state index contributed by atoms with van der Waals surface area (Å²) in [5, 5.41) is 41.3. The number of benzene rings is 3. The van der Waals surface area contributed by atoms with E-state index in [2.05, 4.69) is 143 Å². The molecule has 6 bridgehead atoms. The quantitative estimate of drug-likeness (QED) is 0.0667. The van der Waals surface area contributed by atoms with Gasteiger partial charge in [-0.3, -0.25) is 29.1 Å². The third-order valence-electron chi connectivity index (χ3n) is 21.2. The monoisotopic (exact) mass is 1240 g/mol. The first-order chi connectivity index (χ1) is 42.5. The van der Waals surface area contributed by atoms with Crippen molar-refractivity contribution < 1.29 is 29.7 Å². The highest BCUT2D eigenvalue weighted by Crippen LogP contribution is 2.53. The zero-order valence-corrected chi connectivity index (χ0v) is 53.1. The largest absolute Gasteiger partial charge is 0.481 e. The third kappa shape index (κ3) is 12.9. The van der Waals surface area contributed by atoms with Crippen molar-refractivity contribution in [3.8, 4) is 0 Å². The van der Waals surface area contributed by atoms with Crippen molar-refractivity contribution >= 4 is 87.7 Å². The average molecular weight is 1250 g/mol. The van der Waals surface area contributed by atoms with Crippen molar-refractivity contribution in [1.82, 2.24) is 44.6 Å². The van der Waals surface area contributed by atoms with Crippen LogP contribution >= 0.6 is 35.3 Å². The van der Waals surface area contributed by atoms with Crippen LogP contribution < -0.4 is 16.0 Å². The van der Waals surface area contributed by atoms with Crippen LogP contribution in [0.25, 0.3) is 0 Å². The van der Waals surface area contributed by atoms with Crippen LogP contribution in [0.2, 0.25) is 0 Å². The van der Waals surface area contributed by atoms with Crippen LogP contribution in [0.5, 0.6) is 0 Å². The summed E-state index contributed by atoms with van der Waals surface area (Å²) in [6, 6.07) is 19.8. The molecule has 3 aromatic carbocycles. The molecule has 3 aliphatic carbocycles. The molecular formula is C67H80N12O6S3. The number of carboxylic acid groups (broad SMARTS) is 3. The van der Waals surface area contributed by atoms with Crippen LogP contribution in [0.15, 0.2) is 122 Å². The molecule has 3 saturated heterocycles. The first-order valence-electron chi connectivity index (χ1n) is 31.6. The van der Waals surface area contributed by atoms with E-state index in [4.69, 9.17) is 0 Å². The smallest absolute Gasteiger partial charge is 0.306 e. The second-order valence-electron chi connectivity index (χ2n) is 26.6. The maximum Gasteiger partial charge on any atom is 0.306 e. The summed E-state index contributed by atoms with van der Waals surface area (Å²) in [6.45, 7) is 19.9. The Morgan fingerprint density at radius 1 is 0.511 bits per heavy atom. The number of likely N-dealkylation sites (tertiary alicyclic amines) is 3. The third-order valence-corrected chi connectivity index (χ3v) is 24.4. The molecule has 6 N–H and O–H groups in total. The number of aliphatic carboxylic acids is 3. The van der Waals surface area contributed by atoms with Gasteiger partial charge in [-0.15, -0.1) is 0 Å². The highest BCUT2D eigenvalue weighted by atomic mass is 32.2. The number of aromatic nitrogens is 6. The number of nitrogens with zero attached hydrogens (tertiary/aromatic N) is 9. The maximum atomic E-state index is 11.8. The Morgan fingerprint density at radius 3 is 1.26 bits per heavy atom. The first-order valence-corrected chi connectivity index (χ1v) is 34.0. The minimum Gasteiger partial charge on any atom is -0.481 e. The fourth-order valence-electron chi connectivity index (χ4n) is 16.9. The predicted molar refractivity (Wildman–Crippen MR) is 341 cm³/mol. The molecule has 9 aliphatic rings. The molecule has 6 aliphatic heterocycles. The lowest BCUT2D eigenvalue weighted by atomic mass is 9.57. The molecule has 0 radical (unpaired) electrons. The highest BCUT2D eigenvalue weighted by Gasteiger charge is 2.52. The molecule has 0 spiro atoms. The number of nitrogens with one attached hydrogen (secondary N) is 3. The van der Waals surface area contributed by atoms with Crippen molar-refractivity contribution in [3.63, 3.8) is 0 Å². The van der Waals surface area contributed by atoms with Gasteiger partial charge in [0.2, 0.25) is 0 Å². The number of fused-ring (bicyclic) bond motifs is 12. The lowest BCUT2D eigenvalue weighted by molar-refractivity contribution is -0.150. The Morgan fingerprint density at radius 2 is 0.875 bits per heavy atom. The van der Waals surface area contributed by atoms with Crippen molar-refractivity contribution in [2.45, 2.75) is 123 Å². The van der Waals surface area contributed by atoms with Gasteiger partial charge in [-0.25, -0.2) is 29.9 Å². The summed E-state index contributed by atoms with van der Waals surface area (Å²) in [7, 11) is 0. The van der Waals surface area contributed by atoms with E-state index in [1.54, 1.807) is 72.5 Å². The maximum absolute atomic E-state index is 11.8. The Balaban J connectivity index is 0.000000122. The van der Waals surface area contributed by atoms with E-state index in [1.807, 2.05) is 6.92 Å². The van der Waals surface area contributed by atoms with Gasteiger partial charge in [0.1, 0.15) is 15.1 Å². The van der Waals surface area contributed by atoms with Gasteiger partial charge in [0.25, 0.3) is 0 Å². The summed E-state index contributed by atoms with van der Waals surface area (Å²) < 4.78 is 0. The molecule has 11 unspecified atom stereocenters. The molecule has 3 aromatic heterocycles. The molecule has 9 heterocycles. The molecule has 21 heteroatoms. The number of carbonyl (C=O) groups is 3. The van der Waals surface area contributed by atoms with Gasteiger partial charge in [-0.2, -0.15) is 0 Å². The molecular weight excluding hydrogens is 1170 g/mol. The standard InChI is InChI=1S/C24H30N4O2S.C22H26N4O2S.C21H24N4O2S/c1-13-8-14(2)18-12-28(11-17(13)21(18)15(3)24(29)30)10-16-4-5-20-19(9-16)27-22-23(31-20)26-7-6-25-22;1-12-13(2)17-11-26(10-16(12)15(17)8-20(27)28)9-14-3-4-19-18(7-14)25-21-22(29-19)24-6-5-23-21;26-19(27)9-16-14-2-1-3-15(16)12-25(11-14)10-13-4-5-18-17(8-13)24-20-21(28-18)23-7-6-22-20/h4-7,9,13-15,17-18,21H,8,10-12H2,1-3H3,(H,25,27)(H,29,30);3-7,12-13,15-17H,8-11H2,1-2H3,(H,23,25)(H,27,28);4-8,14-16H,1-3,9-12H2,(H,22,24)(H,26,27). The molecule has 462 valence electrons. The Labute approximate surface area is 528 Å². The van der Waals surface area contributed by atoms with Crippen LogP contribution in [-0.2, 0) is 34.0 Å². The molecule has 88 heavy (non-hydrogen) atoms. The SMILES string of the molecule is CC1C(C)C2CN(Cc3ccc4c(c3)Nc3nccnc3S4)CC1C2CC(=O)O.CC1CC(C)C2CN(Cc3ccc4c(c3)Nc3nccnc3S4)CC1C2C(C)C(=O)O.O=C(O)CC1C2CCCC1CN(Cc1ccc3c(c1)Nc1nccnc1S3)C2. The number of rotatable bonds is 12. The Hall–Kier alpha value is -6.36. The minimum absolute atomic E-state index is 0.270. The molecule has 15 rings (SSSR count). The van der Waals surface area contributed by atoms with Gasteiger partial charge < -0.3 is 31.3 Å². The highest BCUT2D eigenvalue weighted by molar-refractivity contribution is 8.00. The Kier molecular flexibility index (Phi) is 17.8. The van der Waals surface area contributed by atoms with E-state index in [0.29, 0.717) is 83.9 Å². The normalized spacial score (nSPS) is 29.1. The van der Waals surface area contributed by atoms with Gasteiger partial charge in [0, 0.05) is 124 Å². The fourth-order valence-corrected chi connectivity index (χ4v) is 19.6. The summed E-state index contributed by atoms with van der Waals surface area (Å²) in [4.78, 5) is 71.9. The molecule has 6 aromatic rings. The zero-order valence-electron chi connectivity index (χ0n) is 50.7. The van der Waals surface area contributed by atoms with E-state index in [-0.39, 0.29) is 11.8 Å². The lowest BCUT2D eigenvalue weighted by Crippen LogP contribution is -2.56. The number of anilines is 6. The summed E-state index contributed by atoms with van der Waals surface area (Å²) in [6.07, 6.45) is 15.8. The zero-order chi connectivity index (χ0) is 60.9. The predicted octanol–water partition coefficient (Wildman–Crippen LogP) is 12.9. The van der Waals surface area contributed by atoms with E-state index >= 15 is 0 Å². The lowest BCUT2D eigenvalue weighted by Gasteiger charge is -2.54. The van der Waals surface area contributed by atoms with Crippen molar-refractivity contribution in [1.29, 1.82) is 0 Å². The van der Waals surface area contributed by atoms with E-state index < -0.39 is 17.9 Å². The summed E-state index contributed by atoms with van der Waals surface area (Å²) in [5.41, 5.74) is 7.12. The summed E-state index contributed by atoms with van der Waals surface area (Å²) in [5.74, 6) is 6.44. The summed E-state index contributed by atoms with van der Waals surface area (Å²) >= 11 is 4.95. The number of hydrogen-bond acceptors (Lipinski definition) is 18. The second kappa shape index (κ2) is 25.9.